The van der Waals surface area contributed by atoms with E-state index in [4.69, 9.17) is 5.10 Å². The third kappa shape index (κ3) is 3.80. The number of rotatable bonds is 3. The fourth-order valence-electron chi connectivity index (χ4n) is 4.54. The molecule has 2 aromatic carbocycles. The highest BCUT2D eigenvalue weighted by Crippen LogP contribution is 2.28. The first-order valence-corrected chi connectivity index (χ1v) is 10.8. The lowest BCUT2D eigenvalue weighted by Gasteiger charge is -2.36. The van der Waals surface area contributed by atoms with Crippen LogP contribution in [0.15, 0.2) is 48.5 Å². The van der Waals surface area contributed by atoms with Crippen LogP contribution in [0.1, 0.15) is 34.6 Å². The van der Waals surface area contributed by atoms with Crippen LogP contribution in [0.5, 0.6) is 0 Å². The Kier molecular flexibility index (Phi) is 5.18. The molecule has 0 atom stereocenters. The molecule has 160 valence electrons. The number of piperazine rings is 1. The Labute approximate surface area is 179 Å². The molecule has 5 rings (SSSR count). The summed E-state index contributed by atoms with van der Waals surface area (Å²) in [5.74, 6) is -0.586. The molecule has 1 fully saturated rings. The monoisotopic (exact) mass is 422 g/mol. The Hall–Kier alpha value is -3.22. The Morgan fingerprint density at radius 1 is 0.774 bits per heavy atom. The molecule has 1 saturated heterocycles. The molecule has 0 N–H and O–H groups in total. The molecule has 1 aromatic heterocycles. The fraction of sp³-hybridized carbons (Fsp3) is 0.333. The van der Waals surface area contributed by atoms with Crippen LogP contribution in [-0.4, -0.2) is 46.8 Å². The summed E-state index contributed by atoms with van der Waals surface area (Å²) >= 11 is 0. The molecule has 5 nitrogen and oxygen atoms in total. The van der Waals surface area contributed by atoms with Crippen LogP contribution in [-0.2, 0) is 12.8 Å². The number of aromatic nitrogens is 2. The normalized spacial score (nSPS) is 16.3. The first-order chi connectivity index (χ1) is 15.1. The largest absolute Gasteiger partial charge is 0.368 e. The topological polar surface area (TPSA) is 41.4 Å². The molecular weight excluding hydrogens is 398 g/mol. The smallest absolute Gasteiger partial charge is 0.274 e. The lowest BCUT2D eigenvalue weighted by Crippen LogP contribution is -2.49. The number of fused-ring (bicyclic) bond motifs is 1. The van der Waals surface area contributed by atoms with Gasteiger partial charge in [-0.15, -0.1) is 0 Å². The number of carbonyl (C=O) groups excluding carboxylic acids is 1. The SMILES string of the molecule is O=C(c1nn(-c2ccc(F)cc2)c2c1CCCC2)N1CCN(c2ccc(F)cc2)CC1. The molecule has 1 aliphatic carbocycles. The van der Waals surface area contributed by atoms with Gasteiger partial charge in [0.25, 0.3) is 5.91 Å². The Morgan fingerprint density at radius 2 is 1.35 bits per heavy atom. The molecular formula is C24H24F2N4O. The van der Waals surface area contributed by atoms with E-state index in [2.05, 4.69) is 4.90 Å². The number of amides is 1. The highest BCUT2D eigenvalue weighted by molar-refractivity contribution is 5.94. The van der Waals surface area contributed by atoms with E-state index in [1.165, 1.54) is 24.3 Å². The zero-order chi connectivity index (χ0) is 21.4. The molecule has 0 unspecified atom stereocenters. The standard InChI is InChI=1S/C24H24F2N4O/c25-17-5-9-19(10-6-17)28-13-15-29(16-14-28)24(31)23-21-3-1-2-4-22(21)30(27-23)20-11-7-18(26)8-12-20/h5-12H,1-4,13-16H2. The van der Waals surface area contributed by atoms with E-state index in [0.29, 0.717) is 31.9 Å². The lowest BCUT2D eigenvalue weighted by atomic mass is 9.95. The minimum atomic E-state index is -0.292. The average Bonchev–Trinajstić information content (AvgIpc) is 3.19. The summed E-state index contributed by atoms with van der Waals surface area (Å²) in [6.45, 7) is 2.57. The molecule has 0 saturated carbocycles. The van der Waals surface area contributed by atoms with E-state index >= 15 is 0 Å². The van der Waals surface area contributed by atoms with Gasteiger partial charge in [-0.2, -0.15) is 5.10 Å². The molecule has 2 heterocycles. The number of nitrogens with zero attached hydrogens (tertiary/aromatic N) is 4. The van der Waals surface area contributed by atoms with E-state index in [9.17, 15) is 13.6 Å². The summed E-state index contributed by atoms with van der Waals surface area (Å²) in [5, 5.41) is 4.70. The number of benzene rings is 2. The van der Waals surface area contributed by atoms with E-state index in [1.54, 1.807) is 24.3 Å². The minimum Gasteiger partial charge on any atom is -0.368 e. The highest BCUT2D eigenvalue weighted by atomic mass is 19.1. The van der Waals surface area contributed by atoms with Crippen molar-refractivity contribution >= 4 is 11.6 Å². The predicted octanol–water partition coefficient (Wildman–Crippen LogP) is 3.99. The number of carbonyl (C=O) groups is 1. The van der Waals surface area contributed by atoms with Gasteiger partial charge in [0.1, 0.15) is 11.6 Å². The van der Waals surface area contributed by atoms with E-state index in [0.717, 1.165) is 48.3 Å². The molecule has 0 radical (unpaired) electrons. The predicted molar refractivity (Wildman–Crippen MR) is 115 cm³/mol. The van der Waals surface area contributed by atoms with Gasteiger partial charge in [0, 0.05) is 43.1 Å². The van der Waals surface area contributed by atoms with Gasteiger partial charge in [-0.25, -0.2) is 13.5 Å². The van der Waals surface area contributed by atoms with Crippen LogP contribution in [0.25, 0.3) is 5.69 Å². The minimum absolute atomic E-state index is 0.0437. The van der Waals surface area contributed by atoms with Crippen LogP contribution in [0.4, 0.5) is 14.5 Å². The van der Waals surface area contributed by atoms with Gasteiger partial charge in [0.05, 0.1) is 5.69 Å². The van der Waals surface area contributed by atoms with Crippen LogP contribution >= 0.6 is 0 Å². The van der Waals surface area contributed by atoms with Crippen LogP contribution < -0.4 is 4.90 Å². The maximum atomic E-state index is 13.4. The lowest BCUT2D eigenvalue weighted by molar-refractivity contribution is 0.0739. The number of hydrogen-bond acceptors (Lipinski definition) is 3. The second kappa shape index (κ2) is 8.13. The Balaban J connectivity index is 1.37. The summed E-state index contributed by atoms with van der Waals surface area (Å²) < 4.78 is 28.4. The van der Waals surface area contributed by atoms with Gasteiger partial charge in [0.15, 0.2) is 5.69 Å². The summed E-state index contributed by atoms with van der Waals surface area (Å²) in [6.07, 6.45) is 3.81. The summed E-state index contributed by atoms with van der Waals surface area (Å²) in [7, 11) is 0. The van der Waals surface area contributed by atoms with E-state index < -0.39 is 0 Å². The molecule has 31 heavy (non-hydrogen) atoms. The summed E-state index contributed by atoms with van der Waals surface area (Å²) in [4.78, 5) is 17.4. The van der Waals surface area contributed by atoms with E-state index in [1.807, 2.05) is 9.58 Å². The zero-order valence-corrected chi connectivity index (χ0v) is 17.2. The first kappa shape index (κ1) is 19.7. The third-order valence-electron chi connectivity index (χ3n) is 6.21. The molecule has 0 spiro atoms. The average molecular weight is 422 g/mol. The fourth-order valence-corrected chi connectivity index (χ4v) is 4.54. The van der Waals surface area contributed by atoms with Crippen molar-refractivity contribution < 1.29 is 13.6 Å². The van der Waals surface area contributed by atoms with Gasteiger partial charge < -0.3 is 9.80 Å². The zero-order valence-electron chi connectivity index (χ0n) is 17.2. The molecule has 7 heteroatoms. The van der Waals surface area contributed by atoms with Gasteiger partial charge in [-0.3, -0.25) is 4.79 Å². The van der Waals surface area contributed by atoms with Crippen molar-refractivity contribution in [3.8, 4) is 5.69 Å². The third-order valence-corrected chi connectivity index (χ3v) is 6.21. The molecule has 0 bridgehead atoms. The Morgan fingerprint density at radius 3 is 2.00 bits per heavy atom. The van der Waals surface area contributed by atoms with Gasteiger partial charge in [0.2, 0.25) is 0 Å². The molecule has 1 aliphatic heterocycles. The van der Waals surface area contributed by atoms with E-state index in [-0.39, 0.29) is 17.5 Å². The van der Waals surface area contributed by atoms with Gasteiger partial charge >= 0.3 is 0 Å². The second-order valence-corrected chi connectivity index (χ2v) is 8.12. The van der Waals surface area contributed by atoms with Gasteiger partial charge in [-0.05, 0) is 74.2 Å². The molecule has 1 amide bonds. The van der Waals surface area contributed by atoms with Crippen molar-refractivity contribution in [3.63, 3.8) is 0 Å². The number of anilines is 1. The molecule has 3 aromatic rings. The van der Waals surface area contributed by atoms with Crippen molar-refractivity contribution in [2.75, 3.05) is 31.1 Å². The van der Waals surface area contributed by atoms with Crippen molar-refractivity contribution in [2.24, 2.45) is 0 Å². The van der Waals surface area contributed by atoms with Crippen molar-refractivity contribution in [3.05, 3.63) is 77.1 Å². The Bertz CT molecular complexity index is 1080. The van der Waals surface area contributed by atoms with Crippen LogP contribution in [0, 0.1) is 11.6 Å². The van der Waals surface area contributed by atoms with Crippen LogP contribution in [0.2, 0.25) is 0 Å². The van der Waals surface area contributed by atoms with Crippen molar-refractivity contribution in [2.45, 2.75) is 25.7 Å². The van der Waals surface area contributed by atoms with Gasteiger partial charge in [-0.1, -0.05) is 0 Å². The van der Waals surface area contributed by atoms with Crippen molar-refractivity contribution in [1.82, 2.24) is 14.7 Å². The molecule has 2 aliphatic rings. The quantitative estimate of drug-likeness (QED) is 0.641. The second-order valence-electron chi connectivity index (χ2n) is 8.12. The number of halogens is 2. The van der Waals surface area contributed by atoms with Crippen molar-refractivity contribution in [1.29, 1.82) is 0 Å². The highest BCUT2D eigenvalue weighted by Gasteiger charge is 2.30. The van der Waals surface area contributed by atoms with Crippen LogP contribution in [0.3, 0.4) is 0 Å². The maximum absolute atomic E-state index is 13.4. The number of hydrogen-bond donors (Lipinski definition) is 0. The maximum Gasteiger partial charge on any atom is 0.274 e. The summed E-state index contributed by atoms with van der Waals surface area (Å²) in [6, 6.07) is 12.7. The first-order valence-electron chi connectivity index (χ1n) is 10.8. The summed E-state index contributed by atoms with van der Waals surface area (Å²) in [5.41, 5.74) is 4.35.